The highest BCUT2D eigenvalue weighted by Gasteiger charge is 2.11. The van der Waals surface area contributed by atoms with Crippen molar-refractivity contribution in [3.63, 3.8) is 0 Å². The third kappa shape index (κ3) is 3.78. The SMILES string of the molecule is CCOCC(O)Cc1cccc(Cl)c1F. The zero-order valence-corrected chi connectivity index (χ0v) is 9.30. The van der Waals surface area contributed by atoms with Gasteiger partial charge in [-0.15, -0.1) is 0 Å². The van der Waals surface area contributed by atoms with E-state index in [1.807, 2.05) is 6.92 Å². The van der Waals surface area contributed by atoms with E-state index in [1.54, 1.807) is 12.1 Å². The van der Waals surface area contributed by atoms with Crippen molar-refractivity contribution in [1.82, 2.24) is 0 Å². The molecule has 4 heteroatoms. The molecular formula is C11H14ClFO2. The number of aliphatic hydroxyl groups excluding tert-OH is 1. The molecule has 0 saturated heterocycles. The van der Waals surface area contributed by atoms with Crippen molar-refractivity contribution in [2.24, 2.45) is 0 Å². The molecule has 0 aliphatic heterocycles. The molecule has 0 amide bonds. The van der Waals surface area contributed by atoms with E-state index in [1.165, 1.54) is 6.07 Å². The Labute approximate surface area is 93.6 Å². The highest BCUT2D eigenvalue weighted by atomic mass is 35.5. The lowest BCUT2D eigenvalue weighted by atomic mass is 10.1. The van der Waals surface area contributed by atoms with Crippen molar-refractivity contribution < 1.29 is 14.2 Å². The summed E-state index contributed by atoms with van der Waals surface area (Å²) in [4.78, 5) is 0. The molecule has 1 unspecified atom stereocenters. The van der Waals surface area contributed by atoms with Crippen molar-refractivity contribution in [1.29, 1.82) is 0 Å². The largest absolute Gasteiger partial charge is 0.390 e. The third-order valence-corrected chi connectivity index (χ3v) is 2.29. The lowest BCUT2D eigenvalue weighted by Crippen LogP contribution is -2.18. The molecule has 0 aliphatic carbocycles. The van der Waals surface area contributed by atoms with Gasteiger partial charge in [-0.3, -0.25) is 0 Å². The van der Waals surface area contributed by atoms with E-state index in [0.29, 0.717) is 12.2 Å². The van der Waals surface area contributed by atoms with Crippen molar-refractivity contribution in [3.8, 4) is 0 Å². The van der Waals surface area contributed by atoms with Crippen LogP contribution < -0.4 is 0 Å². The Bertz CT molecular complexity index is 317. The van der Waals surface area contributed by atoms with Gasteiger partial charge < -0.3 is 9.84 Å². The van der Waals surface area contributed by atoms with Gasteiger partial charge in [-0.25, -0.2) is 4.39 Å². The monoisotopic (exact) mass is 232 g/mol. The van der Waals surface area contributed by atoms with Gasteiger partial charge in [-0.05, 0) is 18.6 Å². The second-order valence-corrected chi connectivity index (χ2v) is 3.64. The summed E-state index contributed by atoms with van der Waals surface area (Å²) < 4.78 is 18.4. The van der Waals surface area contributed by atoms with Crippen LogP contribution in [-0.2, 0) is 11.2 Å². The molecule has 2 nitrogen and oxygen atoms in total. The highest BCUT2D eigenvalue weighted by molar-refractivity contribution is 6.30. The highest BCUT2D eigenvalue weighted by Crippen LogP contribution is 2.19. The maximum atomic E-state index is 13.4. The smallest absolute Gasteiger partial charge is 0.145 e. The molecular weight excluding hydrogens is 219 g/mol. The molecule has 1 aromatic rings. The van der Waals surface area contributed by atoms with Crippen LogP contribution in [0.4, 0.5) is 4.39 Å². The van der Waals surface area contributed by atoms with Crippen LogP contribution in [0.5, 0.6) is 0 Å². The van der Waals surface area contributed by atoms with Gasteiger partial charge in [-0.1, -0.05) is 23.7 Å². The molecule has 1 aromatic carbocycles. The molecule has 0 spiro atoms. The first-order valence-electron chi connectivity index (χ1n) is 4.83. The van der Waals surface area contributed by atoms with E-state index in [4.69, 9.17) is 16.3 Å². The molecule has 0 heterocycles. The van der Waals surface area contributed by atoms with E-state index in [-0.39, 0.29) is 18.1 Å². The lowest BCUT2D eigenvalue weighted by molar-refractivity contribution is 0.0426. The predicted molar refractivity (Wildman–Crippen MR) is 57.6 cm³/mol. The van der Waals surface area contributed by atoms with Crippen LogP contribution in [0.3, 0.4) is 0 Å². The van der Waals surface area contributed by atoms with Gasteiger partial charge in [-0.2, -0.15) is 0 Å². The Morgan fingerprint density at radius 3 is 2.93 bits per heavy atom. The van der Waals surface area contributed by atoms with E-state index >= 15 is 0 Å². The summed E-state index contributed by atoms with van der Waals surface area (Å²) in [5.74, 6) is -0.463. The van der Waals surface area contributed by atoms with Crippen LogP contribution in [0.25, 0.3) is 0 Å². The van der Waals surface area contributed by atoms with Crippen LogP contribution in [0.1, 0.15) is 12.5 Å². The maximum Gasteiger partial charge on any atom is 0.145 e. The van der Waals surface area contributed by atoms with Crippen LogP contribution in [-0.4, -0.2) is 24.4 Å². The number of benzene rings is 1. The maximum absolute atomic E-state index is 13.4. The van der Waals surface area contributed by atoms with E-state index in [0.717, 1.165) is 0 Å². The lowest BCUT2D eigenvalue weighted by Gasteiger charge is -2.11. The first-order chi connectivity index (χ1) is 7.15. The quantitative estimate of drug-likeness (QED) is 0.845. The van der Waals surface area contributed by atoms with Crippen LogP contribution in [0.2, 0.25) is 5.02 Å². The second kappa shape index (κ2) is 6.05. The Balaban J connectivity index is 2.60. The summed E-state index contributed by atoms with van der Waals surface area (Å²) in [5, 5.41) is 9.59. The zero-order valence-electron chi connectivity index (χ0n) is 8.54. The van der Waals surface area contributed by atoms with Crippen molar-refractivity contribution in [3.05, 3.63) is 34.6 Å². The second-order valence-electron chi connectivity index (χ2n) is 3.23. The minimum Gasteiger partial charge on any atom is -0.390 e. The van der Waals surface area contributed by atoms with Gasteiger partial charge in [0.15, 0.2) is 0 Å². The third-order valence-electron chi connectivity index (χ3n) is 2.00. The summed E-state index contributed by atoms with van der Waals surface area (Å²) in [6.45, 7) is 2.59. The number of hydrogen-bond acceptors (Lipinski definition) is 2. The number of ether oxygens (including phenoxy) is 1. The molecule has 1 N–H and O–H groups in total. The zero-order chi connectivity index (χ0) is 11.3. The van der Waals surface area contributed by atoms with Gasteiger partial charge in [0.1, 0.15) is 5.82 Å². The summed E-state index contributed by atoms with van der Waals surface area (Å²) in [6, 6.07) is 4.75. The summed E-state index contributed by atoms with van der Waals surface area (Å²) >= 11 is 5.61. The molecule has 15 heavy (non-hydrogen) atoms. The first kappa shape index (κ1) is 12.4. The standard InChI is InChI=1S/C11H14ClFO2/c1-2-15-7-9(14)6-8-4-3-5-10(12)11(8)13/h3-5,9,14H,2,6-7H2,1H3. The molecule has 0 fully saturated rings. The fourth-order valence-corrected chi connectivity index (χ4v) is 1.47. The topological polar surface area (TPSA) is 29.5 Å². The van der Waals surface area contributed by atoms with E-state index in [2.05, 4.69) is 0 Å². The Kier molecular flexibility index (Phi) is 5.02. The molecule has 0 radical (unpaired) electrons. The average Bonchev–Trinajstić information content (AvgIpc) is 2.22. The molecule has 1 rings (SSSR count). The van der Waals surface area contributed by atoms with Gasteiger partial charge in [0.25, 0.3) is 0 Å². The van der Waals surface area contributed by atoms with Crippen LogP contribution >= 0.6 is 11.6 Å². The van der Waals surface area contributed by atoms with Crippen LogP contribution in [0.15, 0.2) is 18.2 Å². The van der Waals surface area contributed by atoms with Crippen molar-refractivity contribution >= 4 is 11.6 Å². The number of halogens is 2. The van der Waals surface area contributed by atoms with Gasteiger partial charge >= 0.3 is 0 Å². The molecule has 0 saturated carbocycles. The minimum atomic E-state index is -0.696. The molecule has 1 atom stereocenters. The Morgan fingerprint density at radius 1 is 1.53 bits per heavy atom. The Morgan fingerprint density at radius 2 is 2.27 bits per heavy atom. The fourth-order valence-electron chi connectivity index (χ4n) is 1.27. The predicted octanol–water partition coefficient (Wildman–Crippen LogP) is 2.42. The van der Waals surface area contributed by atoms with Crippen LogP contribution in [0, 0.1) is 5.82 Å². The van der Waals surface area contributed by atoms with Crippen molar-refractivity contribution in [2.45, 2.75) is 19.4 Å². The first-order valence-corrected chi connectivity index (χ1v) is 5.21. The number of aliphatic hydroxyl groups is 1. The van der Waals surface area contributed by atoms with E-state index < -0.39 is 11.9 Å². The molecule has 0 bridgehead atoms. The number of hydrogen-bond donors (Lipinski definition) is 1. The molecule has 0 aliphatic rings. The Hall–Kier alpha value is -0.640. The van der Waals surface area contributed by atoms with Gasteiger partial charge in [0.2, 0.25) is 0 Å². The average molecular weight is 233 g/mol. The minimum absolute atomic E-state index is 0.0797. The summed E-state index contributed by atoms with van der Waals surface area (Å²) in [6.07, 6.45) is -0.482. The van der Waals surface area contributed by atoms with Gasteiger partial charge in [0, 0.05) is 13.0 Å². The summed E-state index contributed by atoms with van der Waals surface area (Å²) in [7, 11) is 0. The normalized spacial score (nSPS) is 12.8. The van der Waals surface area contributed by atoms with Crippen molar-refractivity contribution in [2.75, 3.05) is 13.2 Å². The number of rotatable bonds is 5. The molecule has 0 aromatic heterocycles. The van der Waals surface area contributed by atoms with Gasteiger partial charge in [0.05, 0.1) is 17.7 Å². The summed E-state index contributed by atoms with van der Waals surface area (Å²) in [5.41, 5.74) is 0.412. The fraction of sp³-hybridized carbons (Fsp3) is 0.455. The molecule has 84 valence electrons. The van der Waals surface area contributed by atoms with E-state index in [9.17, 15) is 9.50 Å².